The number of nitrogens with one attached hydrogen (secondary N) is 1. The predicted molar refractivity (Wildman–Crippen MR) is 71.6 cm³/mol. The number of hydrogen-bond acceptors (Lipinski definition) is 2. The van der Waals surface area contributed by atoms with Crippen LogP contribution in [0.1, 0.15) is 5.56 Å². The molecule has 0 saturated heterocycles. The number of aryl methyl sites for hydroxylation is 1. The molecule has 0 atom stereocenters. The van der Waals surface area contributed by atoms with Crippen molar-refractivity contribution in [3.05, 3.63) is 59.9 Å². The van der Waals surface area contributed by atoms with E-state index in [9.17, 15) is 4.39 Å². The van der Waals surface area contributed by atoms with E-state index in [0.717, 1.165) is 11.4 Å². The highest BCUT2D eigenvalue weighted by Crippen LogP contribution is 2.12. The molecule has 2 aromatic rings. The molecule has 0 fully saturated rings. The van der Waals surface area contributed by atoms with Gasteiger partial charge in [0.05, 0.1) is 0 Å². The van der Waals surface area contributed by atoms with Gasteiger partial charge < -0.3 is 10.1 Å². The fourth-order valence-corrected chi connectivity index (χ4v) is 1.67. The maximum absolute atomic E-state index is 12.9. The van der Waals surface area contributed by atoms with Crippen molar-refractivity contribution in [3.63, 3.8) is 0 Å². The van der Waals surface area contributed by atoms with Gasteiger partial charge in [0, 0.05) is 12.2 Å². The number of anilines is 1. The van der Waals surface area contributed by atoms with Gasteiger partial charge in [0.2, 0.25) is 0 Å². The minimum Gasteiger partial charge on any atom is -0.492 e. The summed E-state index contributed by atoms with van der Waals surface area (Å²) in [6, 6.07) is 14.3. The number of benzene rings is 2. The molecule has 18 heavy (non-hydrogen) atoms. The second-order valence-corrected chi connectivity index (χ2v) is 4.10. The average Bonchev–Trinajstić information content (AvgIpc) is 2.35. The van der Waals surface area contributed by atoms with E-state index in [1.807, 2.05) is 37.3 Å². The van der Waals surface area contributed by atoms with Crippen molar-refractivity contribution in [2.75, 3.05) is 18.5 Å². The van der Waals surface area contributed by atoms with E-state index in [4.69, 9.17) is 4.74 Å². The molecular weight excluding hydrogens is 229 g/mol. The van der Waals surface area contributed by atoms with Gasteiger partial charge in [0.1, 0.15) is 18.2 Å². The average molecular weight is 245 g/mol. The van der Waals surface area contributed by atoms with E-state index in [1.165, 1.54) is 17.7 Å². The molecule has 3 heteroatoms. The lowest BCUT2D eigenvalue weighted by molar-refractivity contribution is 0.332. The van der Waals surface area contributed by atoms with Crippen LogP contribution >= 0.6 is 0 Å². The van der Waals surface area contributed by atoms with Gasteiger partial charge in [0.25, 0.3) is 0 Å². The second kappa shape index (κ2) is 6.05. The highest BCUT2D eigenvalue weighted by atomic mass is 19.1. The quantitative estimate of drug-likeness (QED) is 0.812. The Morgan fingerprint density at radius 2 is 1.94 bits per heavy atom. The second-order valence-electron chi connectivity index (χ2n) is 4.10. The Bertz CT molecular complexity index is 466. The highest BCUT2D eigenvalue weighted by Gasteiger charge is 1.96. The van der Waals surface area contributed by atoms with Gasteiger partial charge in [-0.25, -0.2) is 4.39 Å². The number of ether oxygens (including phenoxy) is 1. The van der Waals surface area contributed by atoms with Crippen molar-refractivity contribution in [1.82, 2.24) is 0 Å². The molecule has 0 aromatic heterocycles. The maximum atomic E-state index is 12.9. The van der Waals surface area contributed by atoms with Crippen LogP contribution < -0.4 is 10.1 Å². The molecule has 2 rings (SSSR count). The molecule has 94 valence electrons. The lowest BCUT2D eigenvalue weighted by atomic mass is 10.2. The van der Waals surface area contributed by atoms with Crippen LogP contribution in [0.3, 0.4) is 0 Å². The van der Waals surface area contributed by atoms with Crippen LogP contribution in [0.5, 0.6) is 5.75 Å². The first-order valence-electron chi connectivity index (χ1n) is 5.93. The topological polar surface area (TPSA) is 21.3 Å². The first-order chi connectivity index (χ1) is 8.74. The normalized spacial score (nSPS) is 10.1. The first-order valence-corrected chi connectivity index (χ1v) is 5.93. The van der Waals surface area contributed by atoms with Crippen molar-refractivity contribution in [2.24, 2.45) is 0 Å². The fraction of sp³-hybridized carbons (Fsp3) is 0.200. The summed E-state index contributed by atoms with van der Waals surface area (Å²) in [4.78, 5) is 0. The van der Waals surface area contributed by atoms with Crippen LogP contribution in [0.4, 0.5) is 10.1 Å². The first kappa shape index (κ1) is 12.4. The standard InChI is InChI=1S/C15H16FNO/c1-12-4-2-7-15(10-12)18-9-8-17-14-6-3-5-13(16)11-14/h2-7,10-11,17H,8-9H2,1H3. The Labute approximate surface area is 106 Å². The van der Waals surface area contributed by atoms with Gasteiger partial charge >= 0.3 is 0 Å². The van der Waals surface area contributed by atoms with Crippen molar-refractivity contribution in [3.8, 4) is 5.75 Å². The molecule has 0 saturated carbocycles. The van der Waals surface area contributed by atoms with Crippen molar-refractivity contribution in [1.29, 1.82) is 0 Å². The lowest BCUT2D eigenvalue weighted by Crippen LogP contribution is -2.11. The van der Waals surface area contributed by atoms with Gasteiger partial charge in [-0.1, -0.05) is 18.2 Å². The summed E-state index contributed by atoms with van der Waals surface area (Å²) in [5, 5.41) is 3.11. The zero-order valence-corrected chi connectivity index (χ0v) is 10.3. The third-order valence-corrected chi connectivity index (χ3v) is 2.51. The summed E-state index contributed by atoms with van der Waals surface area (Å²) in [7, 11) is 0. The molecule has 2 nitrogen and oxygen atoms in total. The molecule has 0 aliphatic carbocycles. The van der Waals surface area contributed by atoms with E-state index < -0.39 is 0 Å². The summed E-state index contributed by atoms with van der Waals surface area (Å²) in [6.07, 6.45) is 0. The maximum Gasteiger partial charge on any atom is 0.125 e. The molecule has 0 unspecified atom stereocenters. The lowest BCUT2D eigenvalue weighted by Gasteiger charge is -2.09. The molecule has 0 heterocycles. The van der Waals surface area contributed by atoms with Gasteiger partial charge in [0.15, 0.2) is 0 Å². The third kappa shape index (κ3) is 3.77. The molecular formula is C15H16FNO. The summed E-state index contributed by atoms with van der Waals surface area (Å²) >= 11 is 0. The van der Waals surface area contributed by atoms with Crippen LogP contribution in [0, 0.1) is 12.7 Å². The van der Waals surface area contributed by atoms with E-state index >= 15 is 0 Å². The molecule has 0 amide bonds. The largest absolute Gasteiger partial charge is 0.492 e. The van der Waals surface area contributed by atoms with Crippen LogP contribution in [-0.2, 0) is 0 Å². The summed E-state index contributed by atoms with van der Waals surface area (Å²) in [6.45, 7) is 3.20. The van der Waals surface area contributed by atoms with Gasteiger partial charge in [-0.2, -0.15) is 0 Å². The third-order valence-electron chi connectivity index (χ3n) is 2.51. The zero-order chi connectivity index (χ0) is 12.8. The van der Waals surface area contributed by atoms with Crippen molar-refractivity contribution in [2.45, 2.75) is 6.92 Å². The van der Waals surface area contributed by atoms with Crippen LogP contribution in [0.2, 0.25) is 0 Å². The number of halogens is 1. The Balaban J connectivity index is 1.76. The molecule has 0 aliphatic rings. The van der Waals surface area contributed by atoms with E-state index in [2.05, 4.69) is 5.32 Å². The van der Waals surface area contributed by atoms with E-state index in [-0.39, 0.29) is 5.82 Å². The zero-order valence-electron chi connectivity index (χ0n) is 10.3. The Morgan fingerprint density at radius 1 is 1.11 bits per heavy atom. The molecule has 0 bridgehead atoms. The summed E-state index contributed by atoms with van der Waals surface area (Å²) in [5.41, 5.74) is 1.94. The van der Waals surface area contributed by atoms with Gasteiger partial charge in [-0.05, 0) is 42.8 Å². The van der Waals surface area contributed by atoms with E-state index in [0.29, 0.717) is 13.2 Å². The van der Waals surface area contributed by atoms with Crippen LogP contribution in [0.15, 0.2) is 48.5 Å². The molecule has 0 radical (unpaired) electrons. The van der Waals surface area contributed by atoms with Gasteiger partial charge in [-0.15, -0.1) is 0 Å². The van der Waals surface area contributed by atoms with Crippen LogP contribution in [-0.4, -0.2) is 13.2 Å². The Morgan fingerprint density at radius 3 is 2.72 bits per heavy atom. The summed E-state index contributed by atoms with van der Waals surface area (Å²) < 4.78 is 18.5. The van der Waals surface area contributed by atoms with Crippen molar-refractivity contribution >= 4 is 5.69 Å². The Hall–Kier alpha value is -2.03. The predicted octanol–water partition coefficient (Wildman–Crippen LogP) is 3.63. The summed E-state index contributed by atoms with van der Waals surface area (Å²) in [5.74, 6) is 0.621. The Kier molecular flexibility index (Phi) is 4.18. The molecule has 1 N–H and O–H groups in total. The minimum atomic E-state index is -0.236. The van der Waals surface area contributed by atoms with Crippen molar-refractivity contribution < 1.29 is 9.13 Å². The van der Waals surface area contributed by atoms with Crippen LogP contribution in [0.25, 0.3) is 0 Å². The SMILES string of the molecule is Cc1cccc(OCCNc2cccc(F)c2)c1. The van der Waals surface area contributed by atoms with E-state index in [1.54, 1.807) is 6.07 Å². The highest BCUT2D eigenvalue weighted by molar-refractivity contribution is 5.42. The van der Waals surface area contributed by atoms with Gasteiger partial charge in [-0.3, -0.25) is 0 Å². The number of hydrogen-bond donors (Lipinski definition) is 1. The number of rotatable bonds is 5. The minimum absolute atomic E-state index is 0.236. The smallest absolute Gasteiger partial charge is 0.125 e. The monoisotopic (exact) mass is 245 g/mol. The fourth-order valence-electron chi connectivity index (χ4n) is 1.67. The molecule has 2 aromatic carbocycles. The molecule has 0 aliphatic heterocycles. The molecule has 0 spiro atoms.